The fraction of sp³-hybridized carbons (Fsp3) is 0.250. The molecule has 0 fully saturated rings. The Morgan fingerprint density at radius 1 is 1.00 bits per heavy atom. The molecule has 0 heterocycles. The van der Waals surface area contributed by atoms with Gasteiger partial charge < -0.3 is 14.6 Å². The topological polar surface area (TPSA) is 38.7 Å². The van der Waals surface area contributed by atoms with E-state index in [2.05, 4.69) is 15.9 Å². The molecule has 1 atom stereocenters. The summed E-state index contributed by atoms with van der Waals surface area (Å²) in [5.41, 5.74) is 2.54. The van der Waals surface area contributed by atoms with E-state index in [9.17, 15) is 5.11 Å². The third kappa shape index (κ3) is 2.97. The maximum Gasteiger partial charge on any atom is 0.125 e. The number of benzene rings is 2. The van der Waals surface area contributed by atoms with Crippen LogP contribution >= 0.6 is 15.9 Å². The minimum atomic E-state index is -0.742. The Morgan fingerprint density at radius 3 is 2.35 bits per heavy atom. The zero-order chi connectivity index (χ0) is 14.7. The number of rotatable bonds is 4. The van der Waals surface area contributed by atoms with Gasteiger partial charge in [-0.1, -0.05) is 22.0 Å². The maximum absolute atomic E-state index is 10.6. The minimum Gasteiger partial charge on any atom is -0.497 e. The molecule has 0 amide bonds. The molecule has 106 valence electrons. The Morgan fingerprint density at radius 2 is 1.75 bits per heavy atom. The van der Waals surface area contributed by atoms with E-state index in [1.165, 1.54) is 0 Å². The first-order chi connectivity index (χ1) is 9.56. The van der Waals surface area contributed by atoms with Crippen molar-refractivity contribution < 1.29 is 14.6 Å². The summed E-state index contributed by atoms with van der Waals surface area (Å²) < 4.78 is 11.4. The average molecular weight is 337 g/mol. The SMILES string of the molecule is COc1ccc(C(O)c2cc(Br)ccc2OC)c(C)c1. The lowest BCUT2D eigenvalue weighted by atomic mass is 9.96. The van der Waals surface area contributed by atoms with Gasteiger partial charge in [-0.3, -0.25) is 0 Å². The van der Waals surface area contributed by atoms with E-state index < -0.39 is 6.10 Å². The highest BCUT2D eigenvalue weighted by molar-refractivity contribution is 9.10. The van der Waals surface area contributed by atoms with Crippen molar-refractivity contribution in [1.82, 2.24) is 0 Å². The van der Waals surface area contributed by atoms with Crippen molar-refractivity contribution in [2.45, 2.75) is 13.0 Å². The molecular weight excluding hydrogens is 320 g/mol. The second-order valence-electron chi connectivity index (χ2n) is 4.51. The largest absolute Gasteiger partial charge is 0.497 e. The third-order valence-electron chi connectivity index (χ3n) is 3.26. The molecule has 4 heteroatoms. The van der Waals surface area contributed by atoms with Crippen molar-refractivity contribution in [3.63, 3.8) is 0 Å². The Kier molecular flexibility index (Phi) is 4.68. The minimum absolute atomic E-state index is 0.663. The van der Waals surface area contributed by atoms with Gasteiger partial charge in [0.2, 0.25) is 0 Å². The van der Waals surface area contributed by atoms with Gasteiger partial charge in [-0.05, 0) is 48.4 Å². The molecule has 1 unspecified atom stereocenters. The van der Waals surface area contributed by atoms with E-state index in [4.69, 9.17) is 9.47 Å². The Balaban J connectivity index is 2.45. The summed E-state index contributed by atoms with van der Waals surface area (Å²) in [6, 6.07) is 11.2. The molecule has 0 aromatic heterocycles. The van der Waals surface area contributed by atoms with Crippen LogP contribution in [0.3, 0.4) is 0 Å². The van der Waals surface area contributed by atoms with Crippen LogP contribution in [0.1, 0.15) is 22.8 Å². The summed E-state index contributed by atoms with van der Waals surface area (Å²) in [5.74, 6) is 1.44. The fourth-order valence-corrected chi connectivity index (χ4v) is 2.55. The summed E-state index contributed by atoms with van der Waals surface area (Å²) in [4.78, 5) is 0. The van der Waals surface area contributed by atoms with E-state index in [1.807, 2.05) is 43.3 Å². The summed E-state index contributed by atoms with van der Waals surface area (Å²) >= 11 is 3.42. The lowest BCUT2D eigenvalue weighted by Crippen LogP contribution is -2.04. The molecule has 2 rings (SSSR count). The molecule has 0 radical (unpaired) electrons. The van der Waals surface area contributed by atoms with Gasteiger partial charge in [0.15, 0.2) is 0 Å². The van der Waals surface area contributed by atoms with Crippen molar-refractivity contribution in [2.24, 2.45) is 0 Å². The summed E-state index contributed by atoms with van der Waals surface area (Å²) in [6.45, 7) is 1.95. The molecule has 3 nitrogen and oxygen atoms in total. The normalized spacial score (nSPS) is 12.1. The first kappa shape index (κ1) is 14.9. The predicted molar refractivity (Wildman–Crippen MR) is 82.5 cm³/mol. The molecule has 2 aromatic carbocycles. The monoisotopic (exact) mass is 336 g/mol. The molecule has 0 spiro atoms. The number of hydrogen-bond acceptors (Lipinski definition) is 3. The third-order valence-corrected chi connectivity index (χ3v) is 3.75. The van der Waals surface area contributed by atoms with Gasteiger partial charge in [0.05, 0.1) is 14.2 Å². The van der Waals surface area contributed by atoms with Crippen molar-refractivity contribution in [3.05, 3.63) is 57.6 Å². The van der Waals surface area contributed by atoms with E-state index in [0.29, 0.717) is 5.75 Å². The second-order valence-corrected chi connectivity index (χ2v) is 5.43. The van der Waals surface area contributed by atoms with Crippen LogP contribution in [0.25, 0.3) is 0 Å². The Hall–Kier alpha value is -1.52. The highest BCUT2D eigenvalue weighted by atomic mass is 79.9. The molecule has 1 N–H and O–H groups in total. The van der Waals surface area contributed by atoms with Gasteiger partial charge in [0.25, 0.3) is 0 Å². The number of halogens is 1. The van der Waals surface area contributed by atoms with E-state index in [-0.39, 0.29) is 0 Å². The van der Waals surface area contributed by atoms with Gasteiger partial charge >= 0.3 is 0 Å². The Labute approximate surface area is 127 Å². The zero-order valence-corrected chi connectivity index (χ0v) is 13.3. The smallest absolute Gasteiger partial charge is 0.125 e. The molecular formula is C16H17BrO3. The zero-order valence-electron chi connectivity index (χ0n) is 11.7. The van der Waals surface area contributed by atoms with Crippen LogP contribution in [0.15, 0.2) is 40.9 Å². The van der Waals surface area contributed by atoms with Crippen LogP contribution in [-0.2, 0) is 0 Å². The van der Waals surface area contributed by atoms with Crippen LogP contribution in [0.5, 0.6) is 11.5 Å². The van der Waals surface area contributed by atoms with Crippen LogP contribution in [0.2, 0.25) is 0 Å². The molecule has 0 aliphatic rings. The summed E-state index contributed by atoms with van der Waals surface area (Å²) in [5, 5.41) is 10.6. The van der Waals surface area contributed by atoms with Crippen molar-refractivity contribution >= 4 is 15.9 Å². The number of aliphatic hydroxyl groups excluding tert-OH is 1. The lowest BCUT2D eigenvalue weighted by Gasteiger charge is -2.18. The quantitative estimate of drug-likeness (QED) is 0.921. The number of methoxy groups -OCH3 is 2. The fourth-order valence-electron chi connectivity index (χ4n) is 2.17. The predicted octanol–water partition coefficient (Wildman–Crippen LogP) is 3.86. The lowest BCUT2D eigenvalue weighted by molar-refractivity contribution is 0.214. The molecule has 0 saturated heterocycles. The van der Waals surface area contributed by atoms with E-state index in [1.54, 1.807) is 14.2 Å². The number of ether oxygens (including phenoxy) is 2. The highest BCUT2D eigenvalue weighted by Crippen LogP contribution is 2.34. The van der Waals surface area contributed by atoms with Crippen LogP contribution in [-0.4, -0.2) is 19.3 Å². The molecule has 20 heavy (non-hydrogen) atoms. The Bertz CT molecular complexity index is 611. The number of aliphatic hydroxyl groups is 1. The maximum atomic E-state index is 10.6. The highest BCUT2D eigenvalue weighted by Gasteiger charge is 2.18. The number of aryl methyl sites for hydroxylation is 1. The first-order valence-corrected chi connectivity index (χ1v) is 7.02. The molecule has 0 bridgehead atoms. The van der Waals surface area contributed by atoms with Crippen molar-refractivity contribution in [2.75, 3.05) is 14.2 Å². The average Bonchev–Trinajstić information content (AvgIpc) is 2.46. The van der Waals surface area contributed by atoms with Gasteiger partial charge in [-0.25, -0.2) is 0 Å². The van der Waals surface area contributed by atoms with Gasteiger partial charge in [0, 0.05) is 10.0 Å². The summed E-state index contributed by atoms with van der Waals surface area (Å²) in [7, 11) is 3.22. The van der Waals surface area contributed by atoms with Gasteiger partial charge in [-0.2, -0.15) is 0 Å². The van der Waals surface area contributed by atoms with Crippen molar-refractivity contribution in [3.8, 4) is 11.5 Å². The molecule has 0 saturated carbocycles. The van der Waals surface area contributed by atoms with Crippen LogP contribution < -0.4 is 9.47 Å². The van der Waals surface area contributed by atoms with Crippen molar-refractivity contribution in [1.29, 1.82) is 0 Å². The number of hydrogen-bond donors (Lipinski definition) is 1. The molecule has 2 aromatic rings. The van der Waals surface area contributed by atoms with Crippen LogP contribution in [0.4, 0.5) is 0 Å². The standard InChI is InChI=1S/C16H17BrO3/c1-10-8-12(19-2)5-6-13(10)16(18)14-9-11(17)4-7-15(14)20-3/h4-9,16,18H,1-3H3. The van der Waals surface area contributed by atoms with E-state index >= 15 is 0 Å². The van der Waals surface area contributed by atoms with E-state index in [0.717, 1.165) is 26.9 Å². The summed E-state index contributed by atoms with van der Waals surface area (Å²) in [6.07, 6.45) is -0.742. The first-order valence-electron chi connectivity index (χ1n) is 6.23. The van der Waals surface area contributed by atoms with Crippen LogP contribution in [0, 0.1) is 6.92 Å². The second kappa shape index (κ2) is 6.29. The molecule has 0 aliphatic heterocycles. The van der Waals surface area contributed by atoms with Gasteiger partial charge in [0.1, 0.15) is 17.6 Å². The molecule has 0 aliphatic carbocycles. The van der Waals surface area contributed by atoms with Gasteiger partial charge in [-0.15, -0.1) is 0 Å².